The highest BCUT2D eigenvalue weighted by Crippen LogP contribution is 2.29. The molecule has 0 saturated carbocycles. The smallest absolute Gasteiger partial charge is 0.311 e. The van der Waals surface area contributed by atoms with Crippen molar-refractivity contribution in [2.45, 2.75) is 25.9 Å². The number of carbonyl (C=O) groups excluding carboxylic acids is 2. The van der Waals surface area contributed by atoms with E-state index in [4.69, 9.17) is 9.15 Å². The molecule has 4 rings (SSSR count). The topological polar surface area (TPSA) is 80.0 Å². The summed E-state index contributed by atoms with van der Waals surface area (Å²) in [6, 6.07) is 12.5. The summed E-state index contributed by atoms with van der Waals surface area (Å²) in [5, 5.41) is 10.2. The van der Waals surface area contributed by atoms with Gasteiger partial charge in [0.2, 0.25) is 0 Å². The molecule has 6 heteroatoms. The van der Waals surface area contributed by atoms with Gasteiger partial charge in [-0.3, -0.25) is 9.59 Å². The molecule has 3 aromatic rings. The predicted molar refractivity (Wildman–Crippen MR) is 99.6 cm³/mol. The van der Waals surface area contributed by atoms with Gasteiger partial charge in [0.05, 0.1) is 12.7 Å². The Labute approximate surface area is 156 Å². The average molecular weight is 365 g/mol. The molecule has 1 aliphatic rings. The lowest BCUT2D eigenvalue weighted by Gasteiger charge is -2.21. The molecule has 1 aromatic heterocycles. The fourth-order valence-electron chi connectivity index (χ4n) is 3.44. The van der Waals surface area contributed by atoms with E-state index in [9.17, 15) is 14.7 Å². The molecule has 2 aromatic carbocycles. The van der Waals surface area contributed by atoms with E-state index in [0.717, 1.165) is 23.1 Å². The molecule has 0 radical (unpaired) electrons. The molecular formula is C21H19NO5. The summed E-state index contributed by atoms with van der Waals surface area (Å²) < 4.78 is 10.7. The minimum atomic E-state index is -0.870. The van der Waals surface area contributed by atoms with Gasteiger partial charge in [0.15, 0.2) is 6.10 Å². The molecule has 0 saturated heterocycles. The number of phenolic OH excluding ortho intramolecular Hbond substituents is 1. The van der Waals surface area contributed by atoms with E-state index in [2.05, 4.69) is 0 Å². The Hall–Kier alpha value is -3.28. The van der Waals surface area contributed by atoms with Crippen molar-refractivity contribution in [3.05, 3.63) is 59.9 Å². The van der Waals surface area contributed by atoms with Gasteiger partial charge < -0.3 is 19.2 Å². The number of carbonyl (C=O) groups is 2. The third-order valence-electron chi connectivity index (χ3n) is 4.78. The maximum atomic E-state index is 12.7. The number of amides is 1. The number of phenols is 1. The maximum absolute atomic E-state index is 12.7. The number of furan rings is 1. The molecular weight excluding hydrogens is 346 g/mol. The third kappa shape index (κ3) is 3.26. The highest BCUT2D eigenvalue weighted by Gasteiger charge is 2.29. The highest BCUT2D eigenvalue weighted by atomic mass is 16.5. The molecule has 138 valence electrons. The minimum Gasteiger partial charge on any atom is -0.508 e. The van der Waals surface area contributed by atoms with Gasteiger partial charge in [-0.2, -0.15) is 0 Å². The molecule has 0 fully saturated rings. The second-order valence-electron chi connectivity index (χ2n) is 6.62. The molecule has 2 heterocycles. The van der Waals surface area contributed by atoms with E-state index in [1.165, 1.54) is 18.4 Å². The number of anilines is 1. The zero-order valence-electron chi connectivity index (χ0n) is 14.8. The van der Waals surface area contributed by atoms with Gasteiger partial charge >= 0.3 is 5.97 Å². The van der Waals surface area contributed by atoms with Crippen molar-refractivity contribution in [2.24, 2.45) is 0 Å². The Bertz CT molecular complexity index is 1020. The number of rotatable bonds is 4. The van der Waals surface area contributed by atoms with Crippen molar-refractivity contribution in [1.82, 2.24) is 0 Å². The third-order valence-corrected chi connectivity index (χ3v) is 4.78. The van der Waals surface area contributed by atoms with Gasteiger partial charge in [-0.05, 0) is 37.1 Å². The van der Waals surface area contributed by atoms with Crippen LogP contribution in [-0.4, -0.2) is 29.6 Å². The zero-order valence-corrected chi connectivity index (χ0v) is 14.8. The number of aromatic hydroxyl groups is 1. The van der Waals surface area contributed by atoms with Crippen LogP contribution in [0.4, 0.5) is 5.69 Å². The van der Waals surface area contributed by atoms with E-state index in [0.29, 0.717) is 17.7 Å². The van der Waals surface area contributed by atoms with Crippen LogP contribution in [0.25, 0.3) is 11.0 Å². The van der Waals surface area contributed by atoms with E-state index >= 15 is 0 Å². The number of esters is 1. The lowest BCUT2D eigenvalue weighted by Crippen LogP contribution is -2.39. The molecule has 0 bridgehead atoms. The van der Waals surface area contributed by atoms with Crippen molar-refractivity contribution >= 4 is 28.5 Å². The standard InChI is InChI=1S/C21H19NO5/c1-13(21(25)22-9-8-14-4-2-3-5-18(14)22)27-20(24)10-15-12-26-19-11-16(23)6-7-17(15)19/h2-7,11-13,23H,8-10H2,1H3/t13-/m1/s1. The quantitative estimate of drug-likeness (QED) is 0.718. The number of hydrogen-bond donors (Lipinski definition) is 1. The molecule has 1 N–H and O–H groups in total. The summed E-state index contributed by atoms with van der Waals surface area (Å²) in [5.41, 5.74) is 3.15. The molecule has 0 unspecified atom stereocenters. The van der Waals surface area contributed by atoms with E-state index in [1.807, 2.05) is 24.3 Å². The van der Waals surface area contributed by atoms with Crippen LogP contribution >= 0.6 is 0 Å². The lowest BCUT2D eigenvalue weighted by atomic mass is 10.1. The van der Waals surface area contributed by atoms with Gasteiger partial charge in [0.1, 0.15) is 11.3 Å². The normalized spacial score (nSPS) is 14.2. The number of benzene rings is 2. The van der Waals surface area contributed by atoms with Crippen molar-refractivity contribution < 1.29 is 23.8 Å². The summed E-state index contributed by atoms with van der Waals surface area (Å²) in [6.45, 7) is 2.18. The van der Waals surface area contributed by atoms with E-state index in [-0.39, 0.29) is 18.1 Å². The minimum absolute atomic E-state index is 0.00795. The summed E-state index contributed by atoms with van der Waals surface area (Å²) in [5.74, 6) is -0.634. The van der Waals surface area contributed by atoms with Crippen LogP contribution in [0.5, 0.6) is 5.75 Å². The number of hydrogen-bond acceptors (Lipinski definition) is 5. The monoisotopic (exact) mass is 365 g/mol. The van der Waals surface area contributed by atoms with Crippen molar-refractivity contribution in [1.29, 1.82) is 0 Å². The fourth-order valence-corrected chi connectivity index (χ4v) is 3.44. The Kier molecular flexibility index (Phi) is 4.32. The lowest BCUT2D eigenvalue weighted by molar-refractivity contribution is -0.153. The van der Waals surface area contributed by atoms with Gasteiger partial charge in [0, 0.05) is 29.2 Å². The first-order valence-electron chi connectivity index (χ1n) is 8.81. The maximum Gasteiger partial charge on any atom is 0.311 e. The molecule has 0 aliphatic carbocycles. The van der Waals surface area contributed by atoms with E-state index in [1.54, 1.807) is 17.9 Å². The average Bonchev–Trinajstić information content (AvgIpc) is 3.25. The number of ether oxygens (including phenoxy) is 1. The summed E-state index contributed by atoms with van der Waals surface area (Å²) >= 11 is 0. The Balaban J connectivity index is 1.42. The number of fused-ring (bicyclic) bond motifs is 2. The molecule has 0 spiro atoms. The van der Waals surface area contributed by atoms with Crippen LogP contribution in [-0.2, 0) is 27.2 Å². The Morgan fingerprint density at radius 1 is 1.26 bits per heavy atom. The van der Waals surface area contributed by atoms with Crippen LogP contribution in [0, 0.1) is 0 Å². The number of para-hydroxylation sites is 1. The summed E-state index contributed by atoms with van der Waals surface area (Å²) in [6.07, 6.45) is 1.39. The van der Waals surface area contributed by atoms with Gasteiger partial charge in [-0.25, -0.2) is 0 Å². The molecule has 6 nitrogen and oxygen atoms in total. The first kappa shape index (κ1) is 17.1. The summed E-state index contributed by atoms with van der Waals surface area (Å²) in [7, 11) is 0. The largest absolute Gasteiger partial charge is 0.508 e. The van der Waals surface area contributed by atoms with Gasteiger partial charge in [0.25, 0.3) is 5.91 Å². The second kappa shape index (κ2) is 6.79. The van der Waals surface area contributed by atoms with Crippen LogP contribution in [0.1, 0.15) is 18.1 Å². The van der Waals surface area contributed by atoms with Gasteiger partial charge in [-0.1, -0.05) is 18.2 Å². The van der Waals surface area contributed by atoms with E-state index < -0.39 is 12.1 Å². The van der Waals surface area contributed by atoms with Crippen LogP contribution in [0.2, 0.25) is 0 Å². The first-order valence-corrected chi connectivity index (χ1v) is 8.81. The number of nitrogens with zero attached hydrogens (tertiary/aromatic N) is 1. The Morgan fingerprint density at radius 3 is 2.93 bits per heavy atom. The van der Waals surface area contributed by atoms with Gasteiger partial charge in [-0.15, -0.1) is 0 Å². The Morgan fingerprint density at radius 2 is 2.07 bits per heavy atom. The molecule has 1 aliphatic heterocycles. The van der Waals surface area contributed by atoms with Crippen LogP contribution in [0.15, 0.2) is 53.1 Å². The molecule has 1 atom stereocenters. The second-order valence-corrected chi connectivity index (χ2v) is 6.62. The first-order chi connectivity index (χ1) is 13.0. The predicted octanol–water partition coefficient (Wildman–Crippen LogP) is 3.20. The highest BCUT2D eigenvalue weighted by molar-refractivity contribution is 5.99. The fraction of sp³-hybridized carbons (Fsp3) is 0.238. The van der Waals surface area contributed by atoms with Crippen molar-refractivity contribution in [3.8, 4) is 5.75 Å². The van der Waals surface area contributed by atoms with Crippen molar-refractivity contribution in [2.75, 3.05) is 11.4 Å². The SMILES string of the molecule is C[C@@H](OC(=O)Cc1coc2cc(O)ccc12)C(=O)N1CCc2ccccc21. The molecule has 1 amide bonds. The van der Waals surface area contributed by atoms with Crippen molar-refractivity contribution in [3.63, 3.8) is 0 Å². The van der Waals surface area contributed by atoms with Crippen LogP contribution in [0.3, 0.4) is 0 Å². The van der Waals surface area contributed by atoms with Crippen LogP contribution < -0.4 is 4.90 Å². The molecule has 27 heavy (non-hydrogen) atoms. The summed E-state index contributed by atoms with van der Waals surface area (Å²) in [4.78, 5) is 26.7. The zero-order chi connectivity index (χ0) is 19.0.